The number of hydrogen-bond acceptors (Lipinski definition) is 8. The molecule has 258 valence electrons. The number of fused-ring (bicyclic) bond motifs is 2. The molecule has 0 unspecified atom stereocenters. The molecular formula is C37H24Cl4N2O8. The highest BCUT2D eigenvalue weighted by atomic mass is 35.5. The van der Waals surface area contributed by atoms with Crippen LogP contribution in [0.2, 0.25) is 20.1 Å². The van der Waals surface area contributed by atoms with Crippen molar-refractivity contribution in [3.8, 4) is 23.0 Å². The van der Waals surface area contributed by atoms with Gasteiger partial charge in [-0.3, -0.25) is 19.2 Å². The predicted molar refractivity (Wildman–Crippen MR) is 193 cm³/mol. The number of phenolic OH excluding ortho intramolecular Hbond substituents is 1. The van der Waals surface area contributed by atoms with E-state index in [1.54, 1.807) is 48.5 Å². The highest BCUT2D eigenvalue weighted by Gasteiger charge is 2.33. The smallest absolute Gasteiger partial charge is 0.272 e. The van der Waals surface area contributed by atoms with E-state index in [1.165, 1.54) is 24.3 Å². The van der Waals surface area contributed by atoms with Gasteiger partial charge in [-0.05, 0) is 54.1 Å². The van der Waals surface area contributed by atoms with E-state index in [0.29, 0.717) is 22.9 Å². The Labute approximate surface area is 311 Å². The molecule has 7 rings (SSSR count). The number of rotatable bonds is 5. The monoisotopic (exact) mass is 764 g/mol. The molecule has 0 fully saturated rings. The van der Waals surface area contributed by atoms with Crippen LogP contribution >= 0.6 is 46.4 Å². The number of anilines is 2. The minimum atomic E-state index is -0.593. The van der Waals surface area contributed by atoms with Crippen molar-refractivity contribution in [3.05, 3.63) is 140 Å². The highest BCUT2D eigenvalue weighted by molar-refractivity contribution is 6.39. The van der Waals surface area contributed by atoms with Crippen molar-refractivity contribution in [3.63, 3.8) is 0 Å². The summed E-state index contributed by atoms with van der Waals surface area (Å²) in [6.45, 7) is -0.173. The molecule has 0 atom stereocenters. The summed E-state index contributed by atoms with van der Waals surface area (Å²) in [7, 11) is 0. The number of ether oxygens (including phenoxy) is 3. The van der Waals surface area contributed by atoms with Crippen molar-refractivity contribution < 1.29 is 38.5 Å². The summed E-state index contributed by atoms with van der Waals surface area (Å²) in [6, 6.07) is 28.5. The fourth-order valence-corrected chi connectivity index (χ4v) is 6.23. The van der Waals surface area contributed by atoms with E-state index in [0.717, 1.165) is 15.4 Å². The van der Waals surface area contributed by atoms with Gasteiger partial charge < -0.3 is 19.3 Å². The molecule has 51 heavy (non-hydrogen) atoms. The van der Waals surface area contributed by atoms with Crippen molar-refractivity contribution in [2.45, 2.75) is 6.61 Å². The van der Waals surface area contributed by atoms with Crippen LogP contribution in [0.5, 0.6) is 23.0 Å². The number of phenols is 1. The van der Waals surface area contributed by atoms with Gasteiger partial charge in [0, 0.05) is 11.1 Å². The van der Waals surface area contributed by atoms with E-state index in [4.69, 9.17) is 60.6 Å². The summed E-state index contributed by atoms with van der Waals surface area (Å²) >= 11 is 24.3. The van der Waals surface area contributed by atoms with Gasteiger partial charge in [-0.1, -0.05) is 101 Å². The fourth-order valence-electron chi connectivity index (χ4n) is 5.15. The van der Waals surface area contributed by atoms with Gasteiger partial charge in [0.2, 0.25) is 0 Å². The topological polar surface area (TPSA) is 123 Å². The Morgan fingerprint density at radius 1 is 0.627 bits per heavy atom. The lowest BCUT2D eigenvalue weighted by molar-refractivity contribution is -0.121. The van der Waals surface area contributed by atoms with Crippen LogP contribution in [0.25, 0.3) is 0 Å². The van der Waals surface area contributed by atoms with Crippen LogP contribution in [0.3, 0.4) is 0 Å². The first kappa shape index (κ1) is 35.6. The van der Waals surface area contributed by atoms with Gasteiger partial charge in [-0.2, -0.15) is 0 Å². The zero-order chi connectivity index (χ0) is 36.2. The SMILES string of the molecule is O=C1COc2ccccc2N1C(=O)c1cc(Cl)c(O)c(Cl)c1.O=C1COc2ccccc2N1C(=O)c1cc(Cl)c(OCc2ccccc2)c(Cl)c1. The standard InChI is InChI=1S/C22H15Cl2NO4.C15H9Cl2NO4/c23-16-10-15(11-17(24)21(16)29-12-14-6-2-1-3-7-14)22(27)25-18-8-4-5-9-19(18)28-13-20(25)26;16-9-5-8(6-10(17)14(9)20)15(21)18-11-3-1-2-4-12(11)22-7-13(18)19/h1-11H,12-13H2;1-6,20H,7H2. The van der Waals surface area contributed by atoms with E-state index in [9.17, 15) is 24.3 Å². The third kappa shape index (κ3) is 7.59. The lowest BCUT2D eigenvalue weighted by Crippen LogP contribution is -2.43. The van der Waals surface area contributed by atoms with Crippen molar-refractivity contribution in [1.82, 2.24) is 0 Å². The third-order valence-electron chi connectivity index (χ3n) is 7.55. The van der Waals surface area contributed by atoms with Crippen LogP contribution < -0.4 is 24.0 Å². The van der Waals surface area contributed by atoms with Crippen molar-refractivity contribution in [2.75, 3.05) is 23.0 Å². The number of halogens is 4. The average Bonchev–Trinajstić information content (AvgIpc) is 3.13. The maximum atomic E-state index is 13.1. The zero-order valence-corrected chi connectivity index (χ0v) is 29.2. The molecule has 0 saturated carbocycles. The van der Waals surface area contributed by atoms with Crippen molar-refractivity contribution in [2.24, 2.45) is 0 Å². The third-order valence-corrected chi connectivity index (χ3v) is 8.69. The molecule has 0 saturated heterocycles. The summed E-state index contributed by atoms with van der Waals surface area (Å²) in [5, 5.41) is 9.80. The summed E-state index contributed by atoms with van der Waals surface area (Å²) in [6.07, 6.45) is 0. The molecule has 0 aliphatic carbocycles. The molecule has 2 aliphatic heterocycles. The second-order valence-electron chi connectivity index (χ2n) is 10.9. The summed E-state index contributed by atoms with van der Waals surface area (Å²) in [4.78, 5) is 52.2. The van der Waals surface area contributed by atoms with E-state index in [2.05, 4.69) is 0 Å². The van der Waals surface area contributed by atoms with Crippen LogP contribution in [0.4, 0.5) is 11.4 Å². The number of imide groups is 2. The maximum Gasteiger partial charge on any atom is 0.272 e. The number of benzene rings is 5. The Morgan fingerprint density at radius 2 is 1.04 bits per heavy atom. The molecule has 4 amide bonds. The highest BCUT2D eigenvalue weighted by Crippen LogP contribution is 2.38. The maximum absolute atomic E-state index is 13.1. The van der Waals surface area contributed by atoms with Crippen LogP contribution in [0.15, 0.2) is 103 Å². The van der Waals surface area contributed by atoms with Crippen molar-refractivity contribution >= 4 is 81.4 Å². The van der Waals surface area contributed by atoms with Crippen LogP contribution in [-0.2, 0) is 16.2 Å². The van der Waals surface area contributed by atoms with Gasteiger partial charge in [-0.15, -0.1) is 0 Å². The van der Waals surface area contributed by atoms with Gasteiger partial charge in [0.15, 0.2) is 24.7 Å². The van der Waals surface area contributed by atoms with Gasteiger partial charge in [0.05, 0.1) is 31.5 Å². The molecule has 2 aliphatic rings. The van der Waals surface area contributed by atoms with Gasteiger partial charge in [0.1, 0.15) is 18.1 Å². The van der Waals surface area contributed by atoms with Gasteiger partial charge >= 0.3 is 0 Å². The summed E-state index contributed by atoms with van der Waals surface area (Å²) in [5.41, 5.74) is 1.96. The Morgan fingerprint density at radius 3 is 1.51 bits per heavy atom. The fraction of sp³-hybridized carbons (Fsp3) is 0.0811. The molecule has 14 heteroatoms. The second-order valence-corrected chi connectivity index (χ2v) is 12.5. The lowest BCUT2D eigenvalue weighted by Gasteiger charge is -2.27. The number of amides is 4. The molecule has 0 spiro atoms. The van der Waals surface area contributed by atoms with Gasteiger partial charge in [0.25, 0.3) is 23.6 Å². The molecule has 0 bridgehead atoms. The minimum Gasteiger partial charge on any atom is -0.505 e. The van der Waals surface area contributed by atoms with Gasteiger partial charge in [-0.25, -0.2) is 9.80 Å². The molecule has 1 N–H and O–H groups in total. The quantitative estimate of drug-likeness (QED) is 0.177. The first-order valence-corrected chi connectivity index (χ1v) is 16.6. The van der Waals surface area contributed by atoms with Crippen molar-refractivity contribution in [1.29, 1.82) is 0 Å². The van der Waals surface area contributed by atoms with E-state index in [1.807, 2.05) is 30.3 Å². The molecule has 0 radical (unpaired) electrons. The first-order valence-electron chi connectivity index (χ1n) is 15.1. The van der Waals surface area contributed by atoms with E-state index >= 15 is 0 Å². The predicted octanol–water partition coefficient (Wildman–Crippen LogP) is 8.40. The van der Waals surface area contributed by atoms with Crippen LogP contribution in [-0.4, -0.2) is 41.9 Å². The van der Waals surface area contributed by atoms with Crippen LogP contribution in [0.1, 0.15) is 26.3 Å². The lowest BCUT2D eigenvalue weighted by atomic mass is 10.1. The molecule has 5 aromatic carbocycles. The molecule has 10 nitrogen and oxygen atoms in total. The number of carbonyl (C=O) groups is 4. The molecular weight excluding hydrogens is 742 g/mol. The normalized spacial score (nSPS) is 13.2. The number of aromatic hydroxyl groups is 1. The Bertz CT molecular complexity index is 2130. The number of carbonyl (C=O) groups excluding carboxylic acids is 4. The van der Waals surface area contributed by atoms with E-state index in [-0.39, 0.29) is 62.5 Å². The molecule has 5 aromatic rings. The number of para-hydroxylation sites is 4. The first-order chi connectivity index (χ1) is 24.5. The second kappa shape index (κ2) is 15.3. The zero-order valence-electron chi connectivity index (χ0n) is 26.1. The Kier molecular flexibility index (Phi) is 10.7. The Hall–Kier alpha value is -5.26. The summed E-state index contributed by atoms with van der Waals surface area (Å²) < 4.78 is 16.4. The average molecular weight is 766 g/mol. The molecule has 0 aromatic heterocycles. The van der Waals surface area contributed by atoms with E-state index < -0.39 is 23.6 Å². The van der Waals surface area contributed by atoms with Crippen LogP contribution in [0, 0.1) is 0 Å². The summed E-state index contributed by atoms with van der Waals surface area (Å²) in [5.74, 6) is -1.23. The largest absolute Gasteiger partial charge is 0.505 e. The Balaban J connectivity index is 0.000000183. The minimum absolute atomic E-state index is 0.0650. The number of hydrogen-bond donors (Lipinski definition) is 1. The number of nitrogens with zero attached hydrogens (tertiary/aromatic N) is 2. The molecule has 2 heterocycles.